The second kappa shape index (κ2) is 5.31. The highest BCUT2D eigenvalue weighted by Gasteiger charge is 2.26. The second-order valence-electron chi connectivity index (χ2n) is 5.65. The zero-order valence-electron chi connectivity index (χ0n) is 11.2. The third-order valence-electron chi connectivity index (χ3n) is 4.10. The molecule has 1 N–H and O–H groups in total. The molecule has 2 heteroatoms. The van der Waals surface area contributed by atoms with E-state index in [4.69, 9.17) is 4.74 Å². The number of benzene rings is 1. The maximum Gasteiger partial charge on any atom is 0.119 e. The molecule has 2 unspecified atom stereocenters. The molecule has 2 fully saturated rings. The average molecular weight is 245 g/mol. The van der Waals surface area contributed by atoms with E-state index in [1.165, 1.54) is 37.7 Å². The normalized spacial score (nSPS) is 27.4. The minimum Gasteiger partial charge on any atom is -0.490 e. The van der Waals surface area contributed by atoms with Crippen LogP contribution in [0.1, 0.15) is 50.5 Å². The van der Waals surface area contributed by atoms with Gasteiger partial charge in [-0.15, -0.1) is 0 Å². The van der Waals surface area contributed by atoms with Crippen LogP contribution < -0.4 is 10.1 Å². The first-order valence-corrected chi connectivity index (χ1v) is 7.35. The Bertz CT molecular complexity index is 383. The Morgan fingerprint density at radius 3 is 2.56 bits per heavy atom. The standard InChI is InChI=1S/C16H23NO/c1-2-17-14-6-3-13(11-14)12-4-7-15(8-5-12)18-16-9-10-16/h4-5,7-8,13-14,16-17H,2-3,6,9-11H2,1H3. The van der Waals surface area contributed by atoms with E-state index in [1.54, 1.807) is 0 Å². The molecule has 98 valence electrons. The monoisotopic (exact) mass is 245 g/mol. The van der Waals surface area contributed by atoms with Crippen LogP contribution in [0.4, 0.5) is 0 Å². The predicted octanol–water partition coefficient (Wildman–Crippen LogP) is 3.47. The predicted molar refractivity (Wildman–Crippen MR) is 74.1 cm³/mol. The highest BCUT2D eigenvalue weighted by Crippen LogP contribution is 2.35. The van der Waals surface area contributed by atoms with Crippen LogP contribution in [0, 0.1) is 0 Å². The van der Waals surface area contributed by atoms with Gasteiger partial charge in [0.15, 0.2) is 0 Å². The lowest BCUT2D eigenvalue weighted by atomic mass is 9.97. The van der Waals surface area contributed by atoms with Gasteiger partial charge in [0, 0.05) is 6.04 Å². The third-order valence-corrected chi connectivity index (χ3v) is 4.10. The summed E-state index contributed by atoms with van der Waals surface area (Å²) in [7, 11) is 0. The molecule has 2 aliphatic carbocycles. The van der Waals surface area contributed by atoms with Gasteiger partial charge in [0.2, 0.25) is 0 Å². The van der Waals surface area contributed by atoms with Gasteiger partial charge in [-0.1, -0.05) is 19.1 Å². The fourth-order valence-corrected chi connectivity index (χ4v) is 2.96. The molecule has 0 saturated heterocycles. The molecule has 0 amide bonds. The Labute approximate surface area is 110 Å². The van der Waals surface area contributed by atoms with Crippen LogP contribution in [0.5, 0.6) is 5.75 Å². The molecule has 0 radical (unpaired) electrons. The van der Waals surface area contributed by atoms with Gasteiger partial charge in [-0.25, -0.2) is 0 Å². The van der Waals surface area contributed by atoms with Crippen LogP contribution in [0.3, 0.4) is 0 Å². The fourth-order valence-electron chi connectivity index (χ4n) is 2.96. The smallest absolute Gasteiger partial charge is 0.119 e. The van der Waals surface area contributed by atoms with Crippen molar-refractivity contribution in [3.05, 3.63) is 29.8 Å². The zero-order valence-corrected chi connectivity index (χ0v) is 11.2. The van der Waals surface area contributed by atoms with Gasteiger partial charge in [-0.05, 0) is 62.3 Å². The number of nitrogens with one attached hydrogen (secondary N) is 1. The summed E-state index contributed by atoms with van der Waals surface area (Å²) >= 11 is 0. The van der Waals surface area contributed by atoms with Crippen molar-refractivity contribution in [2.24, 2.45) is 0 Å². The summed E-state index contributed by atoms with van der Waals surface area (Å²) in [4.78, 5) is 0. The van der Waals surface area contributed by atoms with Crippen LogP contribution >= 0.6 is 0 Å². The first-order chi connectivity index (χ1) is 8.85. The highest BCUT2D eigenvalue weighted by molar-refractivity contribution is 5.30. The van der Waals surface area contributed by atoms with Crippen molar-refractivity contribution in [1.29, 1.82) is 0 Å². The number of hydrogen-bond donors (Lipinski definition) is 1. The van der Waals surface area contributed by atoms with E-state index < -0.39 is 0 Å². The van der Waals surface area contributed by atoms with E-state index in [2.05, 4.69) is 36.5 Å². The van der Waals surface area contributed by atoms with E-state index in [-0.39, 0.29) is 0 Å². The van der Waals surface area contributed by atoms with Gasteiger partial charge in [-0.3, -0.25) is 0 Å². The van der Waals surface area contributed by atoms with Gasteiger partial charge in [-0.2, -0.15) is 0 Å². The highest BCUT2D eigenvalue weighted by atomic mass is 16.5. The Hall–Kier alpha value is -1.02. The molecular weight excluding hydrogens is 222 g/mol. The molecule has 1 aromatic carbocycles. The summed E-state index contributed by atoms with van der Waals surface area (Å²) < 4.78 is 5.79. The van der Waals surface area contributed by atoms with Crippen molar-refractivity contribution >= 4 is 0 Å². The van der Waals surface area contributed by atoms with Crippen molar-refractivity contribution in [1.82, 2.24) is 5.32 Å². The van der Waals surface area contributed by atoms with Gasteiger partial charge in [0.25, 0.3) is 0 Å². The van der Waals surface area contributed by atoms with Crippen molar-refractivity contribution in [3.63, 3.8) is 0 Å². The quantitative estimate of drug-likeness (QED) is 0.857. The summed E-state index contributed by atoms with van der Waals surface area (Å²) in [6, 6.07) is 9.54. The molecule has 2 aliphatic rings. The summed E-state index contributed by atoms with van der Waals surface area (Å²) in [5.74, 6) is 1.78. The fraction of sp³-hybridized carbons (Fsp3) is 0.625. The summed E-state index contributed by atoms with van der Waals surface area (Å²) in [6.45, 7) is 3.28. The van der Waals surface area contributed by atoms with Crippen molar-refractivity contribution in [2.75, 3.05) is 6.54 Å². The molecule has 0 heterocycles. The maximum absolute atomic E-state index is 5.79. The van der Waals surface area contributed by atoms with E-state index in [1.807, 2.05) is 0 Å². The number of rotatable bonds is 5. The molecular formula is C16H23NO. The maximum atomic E-state index is 5.79. The van der Waals surface area contributed by atoms with Gasteiger partial charge in [0.1, 0.15) is 5.75 Å². The van der Waals surface area contributed by atoms with E-state index >= 15 is 0 Å². The number of hydrogen-bond acceptors (Lipinski definition) is 2. The van der Waals surface area contributed by atoms with Gasteiger partial charge < -0.3 is 10.1 Å². The Morgan fingerprint density at radius 1 is 1.11 bits per heavy atom. The van der Waals surface area contributed by atoms with Crippen LogP contribution in [0.2, 0.25) is 0 Å². The van der Waals surface area contributed by atoms with Gasteiger partial charge >= 0.3 is 0 Å². The van der Waals surface area contributed by atoms with Crippen LogP contribution in [0.15, 0.2) is 24.3 Å². The molecule has 1 aromatic rings. The van der Waals surface area contributed by atoms with E-state index in [0.717, 1.165) is 24.3 Å². The van der Waals surface area contributed by atoms with Gasteiger partial charge in [0.05, 0.1) is 6.10 Å². The Balaban J connectivity index is 1.58. The summed E-state index contributed by atoms with van der Waals surface area (Å²) in [5.41, 5.74) is 1.48. The first kappa shape index (κ1) is 12.0. The van der Waals surface area contributed by atoms with Crippen LogP contribution in [-0.2, 0) is 0 Å². The van der Waals surface area contributed by atoms with Crippen molar-refractivity contribution < 1.29 is 4.74 Å². The molecule has 0 spiro atoms. The molecule has 2 nitrogen and oxygen atoms in total. The molecule has 0 aliphatic heterocycles. The topological polar surface area (TPSA) is 21.3 Å². The Kier molecular flexibility index (Phi) is 3.55. The minimum absolute atomic E-state index is 0.500. The molecule has 0 aromatic heterocycles. The molecule has 18 heavy (non-hydrogen) atoms. The lowest BCUT2D eigenvalue weighted by Crippen LogP contribution is -2.25. The lowest BCUT2D eigenvalue weighted by Gasteiger charge is -2.13. The zero-order chi connectivity index (χ0) is 12.4. The van der Waals surface area contributed by atoms with E-state index in [0.29, 0.717) is 6.10 Å². The van der Waals surface area contributed by atoms with Crippen LogP contribution in [0.25, 0.3) is 0 Å². The largest absolute Gasteiger partial charge is 0.490 e. The molecule has 0 bridgehead atoms. The lowest BCUT2D eigenvalue weighted by molar-refractivity contribution is 0.303. The summed E-state index contributed by atoms with van der Waals surface area (Å²) in [6.07, 6.45) is 6.89. The second-order valence-corrected chi connectivity index (χ2v) is 5.65. The summed E-state index contributed by atoms with van der Waals surface area (Å²) in [5, 5.41) is 3.57. The van der Waals surface area contributed by atoms with Crippen LogP contribution in [-0.4, -0.2) is 18.7 Å². The third kappa shape index (κ3) is 2.86. The average Bonchev–Trinajstić information content (AvgIpc) is 3.07. The first-order valence-electron chi connectivity index (χ1n) is 7.35. The van der Waals surface area contributed by atoms with E-state index in [9.17, 15) is 0 Å². The molecule has 3 rings (SSSR count). The molecule has 2 atom stereocenters. The SMILES string of the molecule is CCNC1CCC(c2ccc(OC3CC3)cc2)C1. The van der Waals surface area contributed by atoms with Crippen molar-refractivity contribution in [3.8, 4) is 5.75 Å². The number of ether oxygens (including phenoxy) is 1. The molecule has 2 saturated carbocycles. The van der Waals surface area contributed by atoms with Crippen molar-refractivity contribution in [2.45, 2.75) is 57.1 Å². The Morgan fingerprint density at radius 2 is 1.89 bits per heavy atom. The minimum atomic E-state index is 0.500.